The number of phenolic OH excluding ortho intramolecular Hbond substituents is 1. The number of carbonyl (C=O) groups excluding carboxylic acids is 1. The van der Waals surface area contributed by atoms with Crippen LogP contribution in [0.25, 0.3) is 0 Å². The molecule has 1 N–H and O–H groups in total. The SMILES string of the molecule is CC(C)(C)c1cc(OCc2cc(Cc3cc(OCc4ccccc4)cc(OCc4ccccc4)c3)cc(Cc3cc(OCc4ccccc4)cc(OCc4ccccc4)c3)c2)cc(C=O)c1O. The highest BCUT2D eigenvalue weighted by Gasteiger charge is 2.22. The molecule has 0 saturated heterocycles. The van der Waals surface area contributed by atoms with Crippen molar-refractivity contribution in [3.63, 3.8) is 0 Å². The summed E-state index contributed by atoms with van der Waals surface area (Å²) in [7, 11) is 0. The first-order chi connectivity index (χ1) is 32.6. The zero-order valence-corrected chi connectivity index (χ0v) is 38.3. The number of benzene rings is 8. The molecule has 67 heavy (non-hydrogen) atoms. The number of aldehydes is 1. The lowest BCUT2D eigenvalue weighted by Crippen LogP contribution is -2.12. The topological polar surface area (TPSA) is 83.5 Å². The average Bonchev–Trinajstić information content (AvgIpc) is 3.34. The molecular formula is C60H56O7. The van der Waals surface area contributed by atoms with Crippen LogP contribution in [0.2, 0.25) is 0 Å². The van der Waals surface area contributed by atoms with Gasteiger partial charge in [-0.15, -0.1) is 0 Å². The zero-order valence-electron chi connectivity index (χ0n) is 38.3. The number of hydrogen-bond acceptors (Lipinski definition) is 7. The second-order valence-electron chi connectivity index (χ2n) is 17.8. The summed E-state index contributed by atoms with van der Waals surface area (Å²) in [5.74, 6) is 3.34. The normalized spacial score (nSPS) is 11.1. The van der Waals surface area contributed by atoms with E-state index in [4.69, 9.17) is 23.7 Å². The lowest BCUT2D eigenvalue weighted by Gasteiger charge is -2.22. The van der Waals surface area contributed by atoms with E-state index in [1.807, 2.05) is 112 Å². The average molecular weight is 889 g/mol. The summed E-state index contributed by atoms with van der Waals surface area (Å²) in [5, 5.41) is 10.9. The van der Waals surface area contributed by atoms with Crippen molar-refractivity contribution in [1.29, 1.82) is 0 Å². The molecule has 0 aliphatic heterocycles. The molecule has 0 aromatic heterocycles. The maximum absolute atomic E-state index is 12.1. The van der Waals surface area contributed by atoms with E-state index in [1.165, 1.54) is 0 Å². The molecule has 0 atom stereocenters. The first kappa shape index (κ1) is 45.8. The molecule has 7 nitrogen and oxygen atoms in total. The first-order valence-electron chi connectivity index (χ1n) is 22.6. The molecule has 0 unspecified atom stereocenters. The van der Waals surface area contributed by atoms with Crippen LogP contribution in [-0.2, 0) is 51.3 Å². The minimum Gasteiger partial charge on any atom is -0.507 e. The molecule has 0 fully saturated rings. The van der Waals surface area contributed by atoms with Crippen molar-refractivity contribution in [3.05, 3.63) is 249 Å². The van der Waals surface area contributed by atoms with Gasteiger partial charge < -0.3 is 28.8 Å². The number of ether oxygens (including phenoxy) is 5. The molecule has 8 rings (SSSR count). The Morgan fingerprint density at radius 1 is 0.373 bits per heavy atom. The van der Waals surface area contributed by atoms with Gasteiger partial charge in [-0.25, -0.2) is 0 Å². The molecule has 7 heteroatoms. The summed E-state index contributed by atoms with van der Waals surface area (Å²) in [6.45, 7) is 7.90. The van der Waals surface area contributed by atoms with Gasteiger partial charge in [0.1, 0.15) is 67.5 Å². The summed E-state index contributed by atoms with van der Waals surface area (Å²) in [6, 6.07) is 62.7. The predicted octanol–water partition coefficient (Wildman–Crippen LogP) is 13.6. The third-order valence-corrected chi connectivity index (χ3v) is 11.3. The highest BCUT2D eigenvalue weighted by Crippen LogP contribution is 2.37. The second kappa shape index (κ2) is 21.9. The molecule has 0 saturated carbocycles. The highest BCUT2D eigenvalue weighted by atomic mass is 16.5. The van der Waals surface area contributed by atoms with Crippen LogP contribution in [0.1, 0.15) is 86.8 Å². The highest BCUT2D eigenvalue weighted by molar-refractivity contribution is 5.81. The maximum Gasteiger partial charge on any atom is 0.153 e. The Labute approximate surface area is 394 Å². The van der Waals surface area contributed by atoms with E-state index in [9.17, 15) is 9.90 Å². The molecule has 0 spiro atoms. The maximum atomic E-state index is 12.1. The summed E-state index contributed by atoms with van der Waals surface area (Å²) < 4.78 is 32.0. The van der Waals surface area contributed by atoms with Crippen LogP contribution in [0.15, 0.2) is 188 Å². The van der Waals surface area contributed by atoms with Crippen LogP contribution >= 0.6 is 0 Å². The summed E-state index contributed by atoms with van der Waals surface area (Å²) in [5.41, 5.74) is 9.83. The van der Waals surface area contributed by atoms with Crippen LogP contribution in [-0.4, -0.2) is 11.4 Å². The molecular weight excluding hydrogens is 833 g/mol. The van der Waals surface area contributed by atoms with E-state index < -0.39 is 5.41 Å². The number of aromatic hydroxyl groups is 1. The number of hydrogen-bond donors (Lipinski definition) is 1. The molecule has 0 heterocycles. The van der Waals surface area contributed by atoms with Gasteiger partial charge in [-0.05, 0) is 105 Å². The van der Waals surface area contributed by atoms with Gasteiger partial charge in [-0.2, -0.15) is 0 Å². The Morgan fingerprint density at radius 3 is 1.00 bits per heavy atom. The van der Waals surface area contributed by atoms with Crippen LogP contribution in [0.3, 0.4) is 0 Å². The van der Waals surface area contributed by atoms with Crippen molar-refractivity contribution in [2.45, 2.75) is 72.1 Å². The Bertz CT molecular complexity index is 2580. The molecule has 8 aromatic rings. The van der Waals surface area contributed by atoms with Gasteiger partial charge >= 0.3 is 0 Å². The molecule has 0 amide bonds. The fraction of sp³-hybridized carbons (Fsp3) is 0.183. The van der Waals surface area contributed by atoms with E-state index >= 15 is 0 Å². The predicted molar refractivity (Wildman–Crippen MR) is 265 cm³/mol. The van der Waals surface area contributed by atoms with Gasteiger partial charge in [0.05, 0.1) is 5.56 Å². The van der Waals surface area contributed by atoms with Gasteiger partial charge in [0.2, 0.25) is 0 Å². The lowest BCUT2D eigenvalue weighted by atomic mass is 9.85. The van der Waals surface area contributed by atoms with Crippen molar-refractivity contribution in [2.75, 3.05) is 0 Å². The fourth-order valence-electron chi connectivity index (χ4n) is 7.90. The van der Waals surface area contributed by atoms with Crippen LogP contribution in [0.5, 0.6) is 34.5 Å². The van der Waals surface area contributed by atoms with E-state index in [2.05, 4.69) is 91.0 Å². The Hall–Kier alpha value is -7.77. The van der Waals surface area contributed by atoms with Crippen LogP contribution in [0.4, 0.5) is 0 Å². The number of rotatable bonds is 20. The Kier molecular flexibility index (Phi) is 15.0. The molecule has 8 aromatic carbocycles. The van der Waals surface area contributed by atoms with Crippen molar-refractivity contribution < 1.29 is 33.6 Å². The molecule has 338 valence electrons. The summed E-state index contributed by atoms with van der Waals surface area (Å²) >= 11 is 0. The largest absolute Gasteiger partial charge is 0.507 e. The lowest BCUT2D eigenvalue weighted by molar-refractivity contribution is 0.112. The van der Waals surface area contributed by atoms with Crippen LogP contribution < -0.4 is 23.7 Å². The third kappa shape index (κ3) is 13.4. The van der Waals surface area contributed by atoms with Crippen molar-refractivity contribution >= 4 is 6.29 Å². The van der Waals surface area contributed by atoms with Crippen molar-refractivity contribution in [1.82, 2.24) is 0 Å². The standard InChI is InChI=1S/C60H56O7/c1-60(2,3)58-36-57(33-52(37-61)59(58)62)67-42-51-27-47(25-49-29-53(63-38-43-16-8-4-9-17-43)34-54(30-49)64-39-44-18-10-5-11-19-44)24-48(28-51)26-50-31-55(65-40-45-20-12-6-13-21-45)35-56(32-50)66-41-46-22-14-7-15-23-46/h4-24,27-37,62H,25-26,38-42H2,1-3H3. The quantitative estimate of drug-likeness (QED) is 0.0763. The summed E-state index contributed by atoms with van der Waals surface area (Å²) in [6.07, 6.45) is 1.83. The van der Waals surface area contributed by atoms with Crippen LogP contribution in [0, 0.1) is 0 Å². The van der Waals surface area contributed by atoms with Gasteiger partial charge in [0.25, 0.3) is 0 Å². The summed E-state index contributed by atoms with van der Waals surface area (Å²) in [4.78, 5) is 12.1. The number of phenols is 1. The van der Waals surface area contributed by atoms with Gasteiger partial charge in [0, 0.05) is 17.7 Å². The van der Waals surface area contributed by atoms with E-state index in [0.717, 1.165) is 50.1 Å². The zero-order chi connectivity index (χ0) is 46.4. The van der Waals surface area contributed by atoms with E-state index in [0.29, 0.717) is 79.9 Å². The van der Waals surface area contributed by atoms with Crippen molar-refractivity contribution in [2.24, 2.45) is 0 Å². The van der Waals surface area contributed by atoms with Gasteiger partial charge in [-0.3, -0.25) is 4.79 Å². The molecule has 0 aliphatic rings. The Morgan fingerprint density at radius 2 is 0.672 bits per heavy atom. The molecule has 0 radical (unpaired) electrons. The van der Waals surface area contributed by atoms with Gasteiger partial charge in [0.15, 0.2) is 6.29 Å². The molecule has 0 aliphatic carbocycles. The monoisotopic (exact) mass is 888 g/mol. The van der Waals surface area contributed by atoms with E-state index in [1.54, 1.807) is 6.07 Å². The van der Waals surface area contributed by atoms with Crippen molar-refractivity contribution in [3.8, 4) is 34.5 Å². The third-order valence-electron chi connectivity index (χ3n) is 11.3. The van der Waals surface area contributed by atoms with Gasteiger partial charge in [-0.1, -0.05) is 160 Å². The minimum absolute atomic E-state index is 0.0247. The second-order valence-corrected chi connectivity index (χ2v) is 17.8. The Balaban J connectivity index is 1.13. The van der Waals surface area contributed by atoms with E-state index in [-0.39, 0.29) is 17.9 Å². The first-order valence-corrected chi connectivity index (χ1v) is 22.6. The fourth-order valence-corrected chi connectivity index (χ4v) is 7.90. The smallest absolute Gasteiger partial charge is 0.153 e. The molecule has 0 bridgehead atoms. The minimum atomic E-state index is -0.416. The number of carbonyl (C=O) groups is 1.